The Hall–Kier alpha value is -0.870. The molecule has 1 heterocycles. The van der Waals surface area contributed by atoms with Crippen LogP contribution in [-0.4, -0.2) is 23.5 Å². The first-order valence-electron chi connectivity index (χ1n) is 5.91. The van der Waals surface area contributed by atoms with E-state index in [-0.39, 0.29) is 18.3 Å². The summed E-state index contributed by atoms with van der Waals surface area (Å²) in [7, 11) is 0. The highest BCUT2D eigenvalue weighted by Gasteiger charge is 2.17. The SMILES string of the molecule is Cc1ccc(N)cc1C(=O)NC1CCSCC1.Cl. The molecule has 100 valence electrons. The number of benzene rings is 1. The van der Waals surface area contributed by atoms with Crippen LogP contribution in [-0.2, 0) is 0 Å². The monoisotopic (exact) mass is 286 g/mol. The number of anilines is 1. The lowest BCUT2D eigenvalue weighted by molar-refractivity contribution is 0.0934. The predicted molar refractivity (Wildman–Crippen MR) is 80.7 cm³/mol. The number of hydrogen-bond donors (Lipinski definition) is 2. The fraction of sp³-hybridized carbons (Fsp3) is 0.462. The van der Waals surface area contributed by atoms with Crippen molar-refractivity contribution in [1.82, 2.24) is 5.32 Å². The molecule has 1 fully saturated rings. The second-order valence-electron chi connectivity index (χ2n) is 4.43. The van der Waals surface area contributed by atoms with E-state index in [9.17, 15) is 4.79 Å². The molecule has 1 saturated heterocycles. The van der Waals surface area contributed by atoms with Crippen LogP contribution in [0.2, 0.25) is 0 Å². The maximum atomic E-state index is 12.1. The number of halogens is 1. The van der Waals surface area contributed by atoms with E-state index in [4.69, 9.17) is 5.73 Å². The molecule has 3 N–H and O–H groups in total. The van der Waals surface area contributed by atoms with Gasteiger partial charge < -0.3 is 11.1 Å². The van der Waals surface area contributed by atoms with Crippen molar-refractivity contribution < 1.29 is 4.79 Å². The molecule has 0 spiro atoms. The van der Waals surface area contributed by atoms with Gasteiger partial charge in [0.25, 0.3) is 5.91 Å². The van der Waals surface area contributed by atoms with Crippen LogP contribution in [0.4, 0.5) is 5.69 Å². The molecule has 0 unspecified atom stereocenters. The number of aryl methyl sites for hydroxylation is 1. The Labute approximate surface area is 118 Å². The number of thioether (sulfide) groups is 1. The van der Waals surface area contributed by atoms with Crippen molar-refractivity contribution in [3.8, 4) is 0 Å². The van der Waals surface area contributed by atoms with E-state index in [1.54, 1.807) is 6.07 Å². The van der Waals surface area contributed by atoms with E-state index in [1.807, 2.05) is 30.8 Å². The highest BCUT2D eigenvalue weighted by molar-refractivity contribution is 7.99. The lowest BCUT2D eigenvalue weighted by Gasteiger charge is -2.23. The summed E-state index contributed by atoms with van der Waals surface area (Å²) in [6, 6.07) is 5.79. The van der Waals surface area contributed by atoms with Gasteiger partial charge in [-0.3, -0.25) is 4.79 Å². The summed E-state index contributed by atoms with van der Waals surface area (Å²) in [6.45, 7) is 1.94. The molecule has 1 aliphatic rings. The predicted octanol–water partition coefficient (Wildman–Crippen LogP) is 2.62. The maximum Gasteiger partial charge on any atom is 0.251 e. The van der Waals surface area contributed by atoms with E-state index in [1.165, 1.54) is 0 Å². The van der Waals surface area contributed by atoms with Crippen LogP contribution >= 0.6 is 24.2 Å². The second-order valence-corrected chi connectivity index (χ2v) is 5.66. The Morgan fingerprint density at radius 1 is 1.39 bits per heavy atom. The molecule has 18 heavy (non-hydrogen) atoms. The lowest BCUT2D eigenvalue weighted by Crippen LogP contribution is -2.37. The zero-order valence-corrected chi connectivity index (χ0v) is 12.1. The van der Waals surface area contributed by atoms with Crippen LogP contribution in [0.3, 0.4) is 0 Å². The molecule has 1 amide bonds. The van der Waals surface area contributed by atoms with Crippen LogP contribution in [0.5, 0.6) is 0 Å². The number of nitrogen functional groups attached to an aromatic ring is 1. The van der Waals surface area contributed by atoms with Crippen molar-refractivity contribution in [3.63, 3.8) is 0 Å². The van der Waals surface area contributed by atoms with Gasteiger partial charge in [0, 0.05) is 17.3 Å². The number of carbonyl (C=O) groups excluding carboxylic acids is 1. The van der Waals surface area contributed by atoms with Gasteiger partial charge >= 0.3 is 0 Å². The first-order chi connectivity index (χ1) is 8.16. The van der Waals surface area contributed by atoms with Crippen molar-refractivity contribution in [2.75, 3.05) is 17.2 Å². The third-order valence-corrected chi connectivity index (χ3v) is 4.11. The Morgan fingerprint density at radius 3 is 2.72 bits per heavy atom. The van der Waals surface area contributed by atoms with Crippen molar-refractivity contribution in [3.05, 3.63) is 29.3 Å². The Balaban J connectivity index is 0.00000162. The number of hydrogen-bond acceptors (Lipinski definition) is 3. The molecule has 0 aromatic heterocycles. The second kappa shape index (κ2) is 6.90. The normalized spacial score (nSPS) is 15.8. The van der Waals surface area contributed by atoms with Crippen LogP contribution in [0.1, 0.15) is 28.8 Å². The first kappa shape index (κ1) is 15.2. The van der Waals surface area contributed by atoms with Gasteiger partial charge in [-0.25, -0.2) is 0 Å². The first-order valence-corrected chi connectivity index (χ1v) is 7.07. The van der Waals surface area contributed by atoms with Crippen molar-refractivity contribution in [2.24, 2.45) is 0 Å². The van der Waals surface area contributed by atoms with Gasteiger partial charge in [-0.2, -0.15) is 11.8 Å². The fourth-order valence-corrected chi connectivity index (χ4v) is 3.10. The van der Waals surface area contributed by atoms with Gasteiger partial charge in [0.2, 0.25) is 0 Å². The Kier molecular flexibility index (Phi) is 5.82. The van der Waals surface area contributed by atoms with E-state index < -0.39 is 0 Å². The van der Waals surface area contributed by atoms with Gasteiger partial charge in [-0.15, -0.1) is 12.4 Å². The molecule has 1 aromatic rings. The summed E-state index contributed by atoms with van der Waals surface area (Å²) in [5, 5.41) is 3.10. The highest BCUT2D eigenvalue weighted by Crippen LogP contribution is 2.18. The number of nitrogens with two attached hydrogens (primary N) is 1. The average molecular weight is 287 g/mol. The highest BCUT2D eigenvalue weighted by atomic mass is 35.5. The lowest BCUT2D eigenvalue weighted by atomic mass is 10.1. The molecule has 1 aliphatic heterocycles. The Bertz CT molecular complexity index is 419. The van der Waals surface area contributed by atoms with Crippen molar-refractivity contribution in [1.29, 1.82) is 0 Å². The summed E-state index contributed by atoms with van der Waals surface area (Å²) in [4.78, 5) is 12.1. The van der Waals surface area contributed by atoms with E-state index in [0.717, 1.165) is 29.9 Å². The fourth-order valence-electron chi connectivity index (χ4n) is 1.99. The largest absolute Gasteiger partial charge is 0.399 e. The topological polar surface area (TPSA) is 55.1 Å². The van der Waals surface area contributed by atoms with Gasteiger partial charge in [0.15, 0.2) is 0 Å². The third kappa shape index (κ3) is 3.82. The van der Waals surface area contributed by atoms with Crippen molar-refractivity contribution >= 4 is 35.8 Å². The summed E-state index contributed by atoms with van der Waals surface area (Å²) >= 11 is 1.96. The van der Waals surface area contributed by atoms with Gasteiger partial charge in [-0.05, 0) is 49.0 Å². The number of amides is 1. The van der Waals surface area contributed by atoms with Gasteiger partial charge in [-0.1, -0.05) is 6.07 Å². The summed E-state index contributed by atoms with van der Waals surface area (Å²) < 4.78 is 0. The van der Waals surface area contributed by atoms with Gasteiger partial charge in [0.05, 0.1) is 0 Å². The molecule has 1 aromatic carbocycles. The minimum atomic E-state index is 0. The molecule has 0 saturated carbocycles. The maximum absolute atomic E-state index is 12.1. The molecule has 3 nitrogen and oxygen atoms in total. The average Bonchev–Trinajstić information content (AvgIpc) is 2.33. The number of carbonyl (C=O) groups is 1. The molecule has 0 aliphatic carbocycles. The molecule has 0 radical (unpaired) electrons. The quantitative estimate of drug-likeness (QED) is 0.822. The third-order valence-electron chi connectivity index (χ3n) is 3.06. The number of nitrogens with one attached hydrogen (secondary N) is 1. The van der Waals surface area contributed by atoms with Crippen molar-refractivity contribution in [2.45, 2.75) is 25.8 Å². The van der Waals surface area contributed by atoms with Crippen LogP contribution in [0.15, 0.2) is 18.2 Å². The Morgan fingerprint density at radius 2 is 2.06 bits per heavy atom. The zero-order valence-electron chi connectivity index (χ0n) is 10.4. The van der Waals surface area contributed by atoms with Gasteiger partial charge in [0.1, 0.15) is 0 Å². The smallest absolute Gasteiger partial charge is 0.251 e. The summed E-state index contributed by atoms with van der Waals surface area (Å²) in [6.07, 6.45) is 2.13. The summed E-state index contributed by atoms with van der Waals surface area (Å²) in [5.74, 6) is 2.29. The number of rotatable bonds is 2. The molecular weight excluding hydrogens is 268 g/mol. The van der Waals surface area contributed by atoms with Crippen LogP contribution in [0, 0.1) is 6.92 Å². The minimum Gasteiger partial charge on any atom is -0.399 e. The molecule has 2 rings (SSSR count). The molecule has 0 atom stereocenters. The minimum absolute atomic E-state index is 0. The van der Waals surface area contributed by atoms with E-state index in [0.29, 0.717) is 17.3 Å². The molecular formula is C13H19ClN2OS. The molecule has 5 heteroatoms. The molecule has 0 bridgehead atoms. The van der Waals surface area contributed by atoms with Crippen LogP contribution in [0.25, 0.3) is 0 Å². The van der Waals surface area contributed by atoms with E-state index in [2.05, 4.69) is 5.32 Å². The van der Waals surface area contributed by atoms with Crippen LogP contribution < -0.4 is 11.1 Å². The van der Waals surface area contributed by atoms with E-state index >= 15 is 0 Å². The zero-order chi connectivity index (χ0) is 12.3. The summed E-state index contributed by atoms with van der Waals surface area (Å²) in [5.41, 5.74) is 8.03. The standard InChI is InChI=1S/C13H18N2OS.ClH/c1-9-2-3-10(14)8-12(9)13(16)15-11-4-6-17-7-5-11;/h2-3,8,11H,4-7,14H2,1H3,(H,15,16);1H.